The molecule has 106 valence electrons. The molecular weight excluding hydrogens is 308 g/mol. The molecule has 0 aliphatic heterocycles. The minimum Gasteiger partial charge on any atom is -0.383 e. The van der Waals surface area contributed by atoms with Crippen LogP contribution in [0.25, 0.3) is 0 Å². The standard InChI is InChI=1S/C14H21BrN2O2/c1-16(2)13-6-4-5-12(11-13)14(18)17(8-7-15)9-10-19-3/h4-6,11H,7-10H2,1-3H3. The molecule has 1 aromatic rings. The predicted octanol–water partition coefficient (Wildman–Crippen LogP) is 2.24. The van der Waals surface area contributed by atoms with Gasteiger partial charge >= 0.3 is 0 Å². The number of hydrogen-bond donors (Lipinski definition) is 0. The lowest BCUT2D eigenvalue weighted by Crippen LogP contribution is -2.35. The number of hydrogen-bond acceptors (Lipinski definition) is 3. The van der Waals surface area contributed by atoms with Crippen LogP contribution >= 0.6 is 15.9 Å². The van der Waals surface area contributed by atoms with Crippen molar-refractivity contribution < 1.29 is 9.53 Å². The molecule has 0 spiro atoms. The van der Waals surface area contributed by atoms with Gasteiger partial charge in [-0.2, -0.15) is 0 Å². The first kappa shape index (κ1) is 16.0. The second-order valence-corrected chi connectivity index (χ2v) is 5.21. The molecule has 0 saturated heterocycles. The van der Waals surface area contributed by atoms with Gasteiger partial charge < -0.3 is 14.5 Å². The van der Waals surface area contributed by atoms with Gasteiger partial charge in [-0.15, -0.1) is 0 Å². The van der Waals surface area contributed by atoms with E-state index in [2.05, 4.69) is 15.9 Å². The minimum atomic E-state index is 0.0419. The maximum atomic E-state index is 12.4. The van der Waals surface area contributed by atoms with Crippen LogP contribution in [0.3, 0.4) is 0 Å². The summed E-state index contributed by atoms with van der Waals surface area (Å²) in [6, 6.07) is 7.66. The Morgan fingerprint density at radius 2 is 2.05 bits per heavy atom. The predicted molar refractivity (Wildman–Crippen MR) is 82.3 cm³/mol. The third-order valence-electron chi connectivity index (χ3n) is 2.82. The van der Waals surface area contributed by atoms with Crippen molar-refractivity contribution in [3.05, 3.63) is 29.8 Å². The normalized spacial score (nSPS) is 10.3. The lowest BCUT2D eigenvalue weighted by atomic mass is 10.1. The lowest BCUT2D eigenvalue weighted by Gasteiger charge is -2.22. The van der Waals surface area contributed by atoms with Crippen LogP contribution in [0.2, 0.25) is 0 Å². The van der Waals surface area contributed by atoms with Crippen molar-refractivity contribution in [2.75, 3.05) is 51.1 Å². The SMILES string of the molecule is COCCN(CCBr)C(=O)c1cccc(N(C)C)c1. The molecule has 1 rings (SSSR count). The van der Waals surface area contributed by atoms with Gasteiger partial charge in [0.15, 0.2) is 0 Å². The van der Waals surface area contributed by atoms with Crippen LogP contribution in [0.1, 0.15) is 10.4 Å². The van der Waals surface area contributed by atoms with Crippen LogP contribution < -0.4 is 4.90 Å². The molecule has 0 unspecified atom stereocenters. The van der Waals surface area contributed by atoms with Crippen LogP contribution in [0.15, 0.2) is 24.3 Å². The number of halogens is 1. The van der Waals surface area contributed by atoms with Gasteiger partial charge in [0.25, 0.3) is 5.91 Å². The first-order valence-electron chi connectivity index (χ1n) is 6.21. The Hall–Kier alpha value is -1.07. The van der Waals surface area contributed by atoms with Gasteiger partial charge in [-0.05, 0) is 18.2 Å². The highest BCUT2D eigenvalue weighted by atomic mass is 79.9. The van der Waals surface area contributed by atoms with Crippen molar-refractivity contribution in [2.24, 2.45) is 0 Å². The molecule has 0 heterocycles. The van der Waals surface area contributed by atoms with Gasteiger partial charge in [-0.3, -0.25) is 4.79 Å². The highest BCUT2D eigenvalue weighted by Gasteiger charge is 2.15. The molecule has 0 bridgehead atoms. The summed E-state index contributed by atoms with van der Waals surface area (Å²) in [5.41, 5.74) is 1.74. The van der Waals surface area contributed by atoms with Crippen molar-refractivity contribution in [1.29, 1.82) is 0 Å². The van der Waals surface area contributed by atoms with Gasteiger partial charge in [0.05, 0.1) is 6.61 Å². The van der Waals surface area contributed by atoms with E-state index in [4.69, 9.17) is 4.74 Å². The first-order valence-corrected chi connectivity index (χ1v) is 7.34. The van der Waals surface area contributed by atoms with E-state index in [1.165, 1.54) is 0 Å². The van der Waals surface area contributed by atoms with Crippen molar-refractivity contribution in [1.82, 2.24) is 4.90 Å². The van der Waals surface area contributed by atoms with Crippen LogP contribution in [-0.4, -0.2) is 57.0 Å². The number of benzene rings is 1. The third-order valence-corrected chi connectivity index (χ3v) is 3.17. The fourth-order valence-corrected chi connectivity index (χ4v) is 2.15. The molecule has 0 fully saturated rings. The zero-order valence-electron chi connectivity index (χ0n) is 11.7. The van der Waals surface area contributed by atoms with Crippen LogP contribution in [-0.2, 0) is 4.74 Å². The van der Waals surface area contributed by atoms with E-state index in [9.17, 15) is 4.79 Å². The number of ether oxygens (including phenoxy) is 1. The summed E-state index contributed by atoms with van der Waals surface area (Å²) in [6.45, 7) is 1.83. The van der Waals surface area contributed by atoms with Gasteiger partial charge in [-0.25, -0.2) is 0 Å². The number of methoxy groups -OCH3 is 1. The van der Waals surface area contributed by atoms with E-state index in [1.807, 2.05) is 43.3 Å². The second kappa shape index (κ2) is 8.17. The topological polar surface area (TPSA) is 32.8 Å². The molecule has 0 radical (unpaired) electrons. The first-order chi connectivity index (χ1) is 9.10. The Balaban J connectivity index is 2.85. The van der Waals surface area contributed by atoms with E-state index in [0.717, 1.165) is 11.0 Å². The van der Waals surface area contributed by atoms with Crippen molar-refractivity contribution in [3.8, 4) is 0 Å². The van der Waals surface area contributed by atoms with Crippen LogP contribution in [0.4, 0.5) is 5.69 Å². The fraction of sp³-hybridized carbons (Fsp3) is 0.500. The molecule has 19 heavy (non-hydrogen) atoms. The fourth-order valence-electron chi connectivity index (χ4n) is 1.72. The van der Waals surface area contributed by atoms with Crippen molar-refractivity contribution in [2.45, 2.75) is 0 Å². The number of nitrogens with zero attached hydrogens (tertiary/aromatic N) is 2. The highest BCUT2D eigenvalue weighted by Crippen LogP contribution is 2.15. The van der Waals surface area contributed by atoms with Gasteiger partial charge in [0.2, 0.25) is 0 Å². The highest BCUT2D eigenvalue weighted by molar-refractivity contribution is 9.09. The molecule has 0 atom stereocenters. The third kappa shape index (κ3) is 4.84. The molecule has 0 saturated carbocycles. The molecule has 5 heteroatoms. The van der Waals surface area contributed by atoms with Crippen LogP contribution in [0, 0.1) is 0 Å². The summed E-state index contributed by atoms with van der Waals surface area (Å²) in [7, 11) is 5.57. The molecule has 1 aromatic carbocycles. The average molecular weight is 329 g/mol. The van der Waals surface area contributed by atoms with E-state index >= 15 is 0 Å². The number of rotatable bonds is 7. The zero-order valence-corrected chi connectivity index (χ0v) is 13.3. The summed E-state index contributed by atoms with van der Waals surface area (Å²) in [6.07, 6.45) is 0. The van der Waals surface area contributed by atoms with Crippen molar-refractivity contribution in [3.63, 3.8) is 0 Å². The Morgan fingerprint density at radius 3 is 2.63 bits per heavy atom. The monoisotopic (exact) mass is 328 g/mol. The summed E-state index contributed by atoms with van der Waals surface area (Å²) < 4.78 is 5.05. The maximum Gasteiger partial charge on any atom is 0.254 e. The molecule has 0 aliphatic rings. The molecular formula is C14H21BrN2O2. The van der Waals surface area contributed by atoms with E-state index in [0.29, 0.717) is 25.3 Å². The quantitative estimate of drug-likeness (QED) is 0.719. The zero-order chi connectivity index (χ0) is 14.3. The number of anilines is 1. The Kier molecular flexibility index (Phi) is 6.87. The summed E-state index contributed by atoms with van der Waals surface area (Å²) in [4.78, 5) is 16.2. The summed E-state index contributed by atoms with van der Waals surface area (Å²) in [5, 5.41) is 0.760. The molecule has 0 aliphatic carbocycles. The molecule has 0 aromatic heterocycles. The van der Waals surface area contributed by atoms with E-state index in [1.54, 1.807) is 12.0 Å². The Labute approximate surface area is 123 Å². The van der Waals surface area contributed by atoms with Gasteiger partial charge in [0, 0.05) is 50.9 Å². The molecule has 0 N–H and O–H groups in total. The van der Waals surface area contributed by atoms with Gasteiger partial charge in [0.1, 0.15) is 0 Å². The van der Waals surface area contributed by atoms with Crippen molar-refractivity contribution >= 4 is 27.5 Å². The van der Waals surface area contributed by atoms with Gasteiger partial charge in [-0.1, -0.05) is 22.0 Å². The maximum absolute atomic E-state index is 12.4. The lowest BCUT2D eigenvalue weighted by molar-refractivity contribution is 0.0709. The Morgan fingerprint density at radius 1 is 1.32 bits per heavy atom. The Bertz CT molecular complexity index is 410. The molecule has 1 amide bonds. The number of carbonyl (C=O) groups excluding carboxylic acids is 1. The largest absolute Gasteiger partial charge is 0.383 e. The number of amides is 1. The number of alkyl halides is 1. The number of carbonyl (C=O) groups is 1. The second-order valence-electron chi connectivity index (χ2n) is 4.42. The summed E-state index contributed by atoms with van der Waals surface area (Å²) in [5.74, 6) is 0.0419. The van der Waals surface area contributed by atoms with E-state index in [-0.39, 0.29) is 5.91 Å². The molecule has 4 nitrogen and oxygen atoms in total. The van der Waals surface area contributed by atoms with Crippen LogP contribution in [0.5, 0.6) is 0 Å². The summed E-state index contributed by atoms with van der Waals surface area (Å²) >= 11 is 3.38. The smallest absolute Gasteiger partial charge is 0.254 e. The minimum absolute atomic E-state index is 0.0419. The average Bonchev–Trinajstić information content (AvgIpc) is 2.42. The van der Waals surface area contributed by atoms with E-state index < -0.39 is 0 Å².